The lowest BCUT2D eigenvalue weighted by Crippen LogP contribution is -2.30. The van der Waals surface area contributed by atoms with E-state index in [1.54, 1.807) is 39.3 Å². The zero-order valence-corrected chi connectivity index (χ0v) is 19.1. The summed E-state index contributed by atoms with van der Waals surface area (Å²) in [6.45, 7) is 2.18. The zero-order chi connectivity index (χ0) is 23.1. The van der Waals surface area contributed by atoms with Gasteiger partial charge in [-0.3, -0.25) is 14.2 Å². The number of rotatable bonds is 10. The van der Waals surface area contributed by atoms with Crippen molar-refractivity contribution in [1.29, 1.82) is 0 Å². The molecule has 1 heterocycles. The van der Waals surface area contributed by atoms with Crippen LogP contribution in [-0.2, 0) is 17.8 Å². The Morgan fingerprint density at radius 3 is 2.66 bits per heavy atom. The van der Waals surface area contributed by atoms with E-state index in [9.17, 15) is 14.7 Å². The smallest absolute Gasteiger partial charge is 0.262 e. The number of ether oxygens (including phenoxy) is 2. The molecule has 32 heavy (non-hydrogen) atoms. The highest BCUT2D eigenvalue weighted by Crippen LogP contribution is 2.27. The van der Waals surface area contributed by atoms with Gasteiger partial charge in [0.25, 0.3) is 5.56 Å². The molecule has 0 aliphatic carbocycles. The Kier molecular flexibility index (Phi) is 8.13. The minimum Gasteiger partial charge on any atom is -0.493 e. The fourth-order valence-corrected chi connectivity index (χ4v) is 4.09. The summed E-state index contributed by atoms with van der Waals surface area (Å²) in [5, 5.41) is 13.6. The number of benzene rings is 2. The minimum atomic E-state index is -0.717. The number of fused-ring (bicyclic) bond motifs is 1. The number of hydrogen-bond acceptors (Lipinski definition) is 7. The molecule has 170 valence electrons. The highest BCUT2D eigenvalue weighted by molar-refractivity contribution is 7.99. The van der Waals surface area contributed by atoms with Crippen molar-refractivity contribution in [2.75, 3.05) is 26.5 Å². The second kappa shape index (κ2) is 11.0. The summed E-state index contributed by atoms with van der Waals surface area (Å²) < 4.78 is 12.0. The van der Waals surface area contributed by atoms with Crippen LogP contribution >= 0.6 is 11.8 Å². The monoisotopic (exact) mass is 457 g/mol. The summed E-state index contributed by atoms with van der Waals surface area (Å²) in [5.41, 5.74) is 1.35. The van der Waals surface area contributed by atoms with E-state index >= 15 is 0 Å². The average molecular weight is 458 g/mol. The maximum atomic E-state index is 12.8. The highest BCUT2D eigenvalue weighted by atomic mass is 32.2. The van der Waals surface area contributed by atoms with Crippen LogP contribution in [0.3, 0.4) is 0 Å². The van der Waals surface area contributed by atoms with E-state index in [-0.39, 0.29) is 23.8 Å². The molecule has 0 saturated carbocycles. The van der Waals surface area contributed by atoms with Gasteiger partial charge in [-0.2, -0.15) is 0 Å². The zero-order valence-electron chi connectivity index (χ0n) is 18.3. The van der Waals surface area contributed by atoms with Crippen LogP contribution < -0.4 is 20.3 Å². The van der Waals surface area contributed by atoms with Crippen LogP contribution in [0.2, 0.25) is 0 Å². The number of aliphatic hydroxyl groups excluding tert-OH is 1. The molecule has 2 aromatic carbocycles. The van der Waals surface area contributed by atoms with Crippen molar-refractivity contribution in [2.24, 2.45) is 0 Å². The Labute approximate surface area is 190 Å². The third kappa shape index (κ3) is 5.80. The van der Waals surface area contributed by atoms with E-state index in [1.807, 2.05) is 24.3 Å². The van der Waals surface area contributed by atoms with E-state index in [0.29, 0.717) is 40.5 Å². The molecule has 0 aliphatic rings. The maximum absolute atomic E-state index is 12.8. The van der Waals surface area contributed by atoms with Crippen LogP contribution in [0.5, 0.6) is 11.5 Å². The number of methoxy groups -OCH3 is 2. The first-order chi connectivity index (χ1) is 15.4. The fourth-order valence-electron chi connectivity index (χ4n) is 3.25. The molecule has 3 aromatic rings. The predicted molar refractivity (Wildman–Crippen MR) is 125 cm³/mol. The van der Waals surface area contributed by atoms with Gasteiger partial charge >= 0.3 is 0 Å². The third-order valence-corrected chi connectivity index (χ3v) is 5.77. The molecule has 3 rings (SSSR count). The van der Waals surface area contributed by atoms with E-state index < -0.39 is 6.10 Å². The number of hydrogen-bond donors (Lipinski definition) is 2. The molecule has 8 nitrogen and oxygen atoms in total. The number of nitrogens with one attached hydrogen (secondary N) is 1. The Morgan fingerprint density at radius 1 is 1.19 bits per heavy atom. The van der Waals surface area contributed by atoms with Crippen molar-refractivity contribution < 1.29 is 19.4 Å². The van der Waals surface area contributed by atoms with Crippen LogP contribution in [-0.4, -0.2) is 53.2 Å². The molecule has 0 unspecified atom stereocenters. The van der Waals surface area contributed by atoms with E-state index in [0.717, 1.165) is 5.56 Å². The van der Waals surface area contributed by atoms with Crippen molar-refractivity contribution >= 4 is 28.6 Å². The highest BCUT2D eigenvalue weighted by Gasteiger charge is 2.14. The van der Waals surface area contributed by atoms with Crippen LogP contribution in [0.15, 0.2) is 52.4 Å². The van der Waals surface area contributed by atoms with Gasteiger partial charge in [-0.15, -0.1) is 0 Å². The fraction of sp³-hybridized carbons (Fsp3) is 0.348. The number of nitrogens with zero attached hydrogens (tertiary/aromatic N) is 2. The Morgan fingerprint density at radius 2 is 1.94 bits per heavy atom. The van der Waals surface area contributed by atoms with E-state index in [1.165, 1.54) is 16.3 Å². The van der Waals surface area contributed by atoms with Gasteiger partial charge in [-0.1, -0.05) is 30.0 Å². The quantitative estimate of drug-likeness (QED) is 0.356. The molecule has 0 fully saturated rings. The second-order valence-electron chi connectivity index (χ2n) is 7.25. The molecular weight excluding hydrogens is 430 g/mol. The van der Waals surface area contributed by atoms with Crippen LogP contribution in [0, 0.1) is 0 Å². The summed E-state index contributed by atoms with van der Waals surface area (Å²) in [5.74, 6) is 1.24. The third-order valence-electron chi connectivity index (χ3n) is 4.79. The number of amides is 1. The van der Waals surface area contributed by atoms with Crippen molar-refractivity contribution in [1.82, 2.24) is 14.9 Å². The minimum absolute atomic E-state index is 0.108. The largest absolute Gasteiger partial charge is 0.493 e. The normalized spacial score (nSPS) is 11.9. The number of thioether (sulfide) groups is 1. The molecule has 1 amide bonds. The summed E-state index contributed by atoms with van der Waals surface area (Å²) >= 11 is 1.18. The first-order valence-electron chi connectivity index (χ1n) is 10.2. The van der Waals surface area contributed by atoms with Crippen molar-refractivity contribution in [3.05, 3.63) is 58.4 Å². The van der Waals surface area contributed by atoms with Gasteiger partial charge < -0.3 is 19.9 Å². The summed E-state index contributed by atoms with van der Waals surface area (Å²) in [4.78, 5) is 29.7. The maximum Gasteiger partial charge on any atom is 0.262 e. The Hall–Kier alpha value is -3.04. The first kappa shape index (κ1) is 23.6. The van der Waals surface area contributed by atoms with Gasteiger partial charge in [0.1, 0.15) is 0 Å². The predicted octanol–water partition coefficient (Wildman–Crippen LogP) is 2.25. The average Bonchev–Trinajstić information content (AvgIpc) is 2.79. The summed E-state index contributed by atoms with van der Waals surface area (Å²) in [7, 11) is 3.17. The molecule has 1 atom stereocenters. The molecule has 0 spiro atoms. The standard InChI is InChI=1S/C23H27N3O5S/c1-15(27)13-26-22(29)17-6-4-5-7-18(17)25-23(26)32-14-21(28)24-11-10-16-8-9-19(30-2)20(12-16)31-3/h4-9,12,15,27H,10-11,13-14H2,1-3H3,(H,24,28)/t15-/m0/s1. The number of carbonyl (C=O) groups excluding carboxylic acids is 1. The Balaban J connectivity index is 1.62. The number of para-hydroxylation sites is 1. The summed E-state index contributed by atoms with van der Waals surface area (Å²) in [6, 6.07) is 12.7. The SMILES string of the molecule is COc1ccc(CCNC(=O)CSc2nc3ccccc3c(=O)n2C[C@H](C)O)cc1OC. The molecule has 0 radical (unpaired) electrons. The molecule has 0 saturated heterocycles. The first-order valence-corrected chi connectivity index (χ1v) is 11.2. The van der Waals surface area contributed by atoms with Gasteiger partial charge in [0.2, 0.25) is 5.91 Å². The molecule has 0 aliphatic heterocycles. The lowest BCUT2D eigenvalue weighted by molar-refractivity contribution is -0.118. The van der Waals surface area contributed by atoms with Crippen LogP contribution in [0.4, 0.5) is 0 Å². The van der Waals surface area contributed by atoms with Gasteiger partial charge in [0.15, 0.2) is 16.7 Å². The molecule has 9 heteroatoms. The molecular formula is C23H27N3O5S. The number of aromatic nitrogens is 2. The van der Waals surface area contributed by atoms with Crippen molar-refractivity contribution in [3.63, 3.8) is 0 Å². The lowest BCUT2D eigenvalue weighted by atomic mass is 10.1. The van der Waals surface area contributed by atoms with Gasteiger partial charge in [0.05, 0.1) is 43.5 Å². The van der Waals surface area contributed by atoms with Crippen molar-refractivity contribution in [3.8, 4) is 11.5 Å². The van der Waals surface area contributed by atoms with Crippen LogP contribution in [0.1, 0.15) is 12.5 Å². The molecule has 2 N–H and O–H groups in total. The number of aliphatic hydroxyl groups is 1. The van der Waals surface area contributed by atoms with Gasteiger partial charge in [0, 0.05) is 6.54 Å². The molecule has 1 aromatic heterocycles. The topological polar surface area (TPSA) is 103 Å². The second-order valence-corrected chi connectivity index (χ2v) is 8.20. The van der Waals surface area contributed by atoms with Gasteiger partial charge in [-0.25, -0.2) is 4.98 Å². The number of carbonyl (C=O) groups is 1. The Bertz CT molecular complexity index is 1150. The molecule has 0 bridgehead atoms. The van der Waals surface area contributed by atoms with E-state index in [2.05, 4.69) is 10.3 Å². The van der Waals surface area contributed by atoms with Gasteiger partial charge in [-0.05, 0) is 43.2 Å². The van der Waals surface area contributed by atoms with Crippen LogP contribution in [0.25, 0.3) is 10.9 Å². The van der Waals surface area contributed by atoms with Crippen molar-refractivity contribution in [2.45, 2.75) is 31.1 Å². The summed E-state index contributed by atoms with van der Waals surface area (Å²) in [6.07, 6.45) is -0.0807. The lowest BCUT2D eigenvalue weighted by Gasteiger charge is -2.14. The van der Waals surface area contributed by atoms with E-state index in [4.69, 9.17) is 9.47 Å².